The average molecular weight is 167 g/mol. The van der Waals surface area contributed by atoms with Gasteiger partial charge in [-0.05, 0) is 31.6 Å². The van der Waals surface area contributed by atoms with Gasteiger partial charge in [-0.15, -0.1) is 0 Å². The quantitative estimate of drug-likeness (QED) is 0.581. The lowest BCUT2D eigenvalue weighted by Crippen LogP contribution is -2.41. The minimum atomic E-state index is 0.378. The lowest BCUT2D eigenvalue weighted by Gasteiger charge is -2.35. The van der Waals surface area contributed by atoms with Gasteiger partial charge in [-0.2, -0.15) is 0 Å². The van der Waals surface area contributed by atoms with Crippen LogP contribution >= 0.6 is 0 Å². The van der Waals surface area contributed by atoms with Gasteiger partial charge in [-0.1, -0.05) is 6.92 Å². The first-order chi connectivity index (χ1) is 5.79. The van der Waals surface area contributed by atoms with Crippen molar-refractivity contribution in [3.05, 3.63) is 0 Å². The fourth-order valence-electron chi connectivity index (χ4n) is 2.21. The summed E-state index contributed by atoms with van der Waals surface area (Å²) < 4.78 is 0. The molecule has 12 heavy (non-hydrogen) atoms. The molecule has 2 aliphatic rings. The van der Waals surface area contributed by atoms with Crippen molar-refractivity contribution in [2.75, 3.05) is 13.1 Å². The number of hydrogen-bond donors (Lipinski definition) is 0. The lowest BCUT2D eigenvalue weighted by molar-refractivity contribution is -0.139. The van der Waals surface area contributed by atoms with Gasteiger partial charge in [0.15, 0.2) is 0 Å². The summed E-state index contributed by atoms with van der Waals surface area (Å²) in [5.41, 5.74) is 0. The Hall–Kier alpha value is -0.530. The van der Waals surface area contributed by atoms with Crippen molar-refractivity contribution in [3.8, 4) is 0 Å². The van der Waals surface area contributed by atoms with E-state index in [1.807, 2.05) is 0 Å². The van der Waals surface area contributed by atoms with Crippen LogP contribution in [0.1, 0.15) is 32.6 Å². The van der Waals surface area contributed by atoms with Crippen LogP contribution in [0.2, 0.25) is 0 Å². The molecule has 1 heterocycles. The topological polar surface area (TPSA) is 20.3 Å². The molecule has 0 spiro atoms. The predicted molar refractivity (Wildman–Crippen MR) is 47.7 cm³/mol. The Balaban J connectivity index is 1.90. The van der Waals surface area contributed by atoms with Gasteiger partial charge in [-0.25, -0.2) is 0 Å². The normalized spacial score (nSPS) is 34.9. The maximum atomic E-state index is 11.8. The summed E-state index contributed by atoms with van der Waals surface area (Å²) in [4.78, 5) is 13.8. The number of carbonyl (C=O) groups excluding carboxylic acids is 1. The van der Waals surface area contributed by atoms with Crippen molar-refractivity contribution >= 4 is 5.91 Å². The Morgan fingerprint density at radius 2 is 1.92 bits per heavy atom. The molecule has 0 radical (unpaired) electrons. The molecule has 2 atom stereocenters. The maximum absolute atomic E-state index is 11.8. The second kappa shape index (κ2) is 3.08. The van der Waals surface area contributed by atoms with E-state index in [1.54, 1.807) is 0 Å². The number of amides is 1. The highest BCUT2D eigenvalue weighted by Gasteiger charge is 2.36. The predicted octanol–water partition coefficient (Wildman–Crippen LogP) is 1.65. The van der Waals surface area contributed by atoms with Gasteiger partial charge in [0.05, 0.1) is 0 Å². The van der Waals surface area contributed by atoms with Gasteiger partial charge < -0.3 is 4.90 Å². The lowest BCUT2D eigenvalue weighted by atomic mass is 9.74. The van der Waals surface area contributed by atoms with E-state index in [-0.39, 0.29) is 0 Å². The Morgan fingerprint density at radius 3 is 2.33 bits per heavy atom. The largest absolute Gasteiger partial charge is 0.342 e. The first-order valence-corrected chi connectivity index (χ1v) is 5.08. The van der Waals surface area contributed by atoms with E-state index < -0.39 is 0 Å². The standard InChI is InChI=1S/C10H17NO/c1-8-4-5-9(8)10(12)11-6-2-3-7-11/h8-9H,2-7H2,1H3. The molecule has 1 saturated heterocycles. The highest BCUT2D eigenvalue weighted by molar-refractivity contribution is 5.80. The molecule has 0 aromatic rings. The molecule has 2 fully saturated rings. The summed E-state index contributed by atoms with van der Waals surface area (Å²) in [6.07, 6.45) is 4.82. The molecule has 0 N–H and O–H groups in total. The zero-order valence-electron chi connectivity index (χ0n) is 7.75. The smallest absolute Gasteiger partial charge is 0.225 e. The van der Waals surface area contributed by atoms with Crippen molar-refractivity contribution < 1.29 is 4.79 Å². The van der Waals surface area contributed by atoms with Crippen molar-refractivity contribution in [3.63, 3.8) is 0 Å². The summed E-state index contributed by atoms with van der Waals surface area (Å²) in [6, 6.07) is 0. The molecule has 0 bridgehead atoms. The van der Waals surface area contributed by atoms with Crippen LogP contribution < -0.4 is 0 Å². The molecule has 0 aromatic heterocycles. The van der Waals surface area contributed by atoms with Crippen molar-refractivity contribution in [1.82, 2.24) is 4.90 Å². The van der Waals surface area contributed by atoms with Crippen LogP contribution in [0.25, 0.3) is 0 Å². The van der Waals surface area contributed by atoms with Gasteiger partial charge in [-0.3, -0.25) is 4.79 Å². The zero-order valence-corrected chi connectivity index (χ0v) is 7.75. The van der Waals surface area contributed by atoms with Crippen LogP contribution in [-0.2, 0) is 4.79 Å². The van der Waals surface area contributed by atoms with E-state index in [1.165, 1.54) is 19.3 Å². The van der Waals surface area contributed by atoms with Crippen LogP contribution in [0.15, 0.2) is 0 Å². The molecule has 2 nitrogen and oxygen atoms in total. The summed E-state index contributed by atoms with van der Waals surface area (Å²) in [7, 11) is 0. The summed E-state index contributed by atoms with van der Waals surface area (Å²) in [6.45, 7) is 4.23. The first-order valence-electron chi connectivity index (χ1n) is 5.08. The monoisotopic (exact) mass is 167 g/mol. The molecule has 1 aliphatic carbocycles. The molecule has 1 aliphatic heterocycles. The third-order valence-corrected chi connectivity index (χ3v) is 3.35. The van der Waals surface area contributed by atoms with Gasteiger partial charge in [0, 0.05) is 19.0 Å². The van der Waals surface area contributed by atoms with Gasteiger partial charge >= 0.3 is 0 Å². The second-order valence-electron chi connectivity index (χ2n) is 4.19. The van der Waals surface area contributed by atoms with Crippen LogP contribution in [-0.4, -0.2) is 23.9 Å². The van der Waals surface area contributed by atoms with E-state index in [4.69, 9.17) is 0 Å². The molecule has 0 aromatic carbocycles. The van der Waals surface area contributed by atoms with Gasteiger partial charge in [0.25, 0.3) is 0 Å². The third kappa shape index (κ3) is 1.23. The third-order valence-electron chi connectivity index (χ3n) is 3.35. The summed E-state index contributed by atoms with van der Waals surface area (Å²) in [5.74, 6) is 1.47. The van der Waals surface area contributed by atoms with Crippen LogP contribution in [0.4, 0.5) is 0 Å². The molecular weight excluding hydrogens is 150 g/mol. The number of carbonyl (C=O) groups is 1. The minimum absolute atomic E-state index is 0.378. The summed E-state index contributed by atoms with van der Waals surface area (Å²) >= 11 is 0. The molecule has 2 unspecified atom stereocenters. The number of rotatable bonds is 1. The second-order valence-corrected chi connectivity index (χ2v) is 4.19. The number of nitrogens with zero attached hydrogens (tertiary/aromatic N) is 1. The number of hydrogen-bond acceptors (Lipinski definition) is 1. The Labute approximate surface area is 73.9 Å². The van der Waals surface area contributed by atoms with E-state index >= 15 is 0 Å². The van der Waals surface area contributed by atoms with Crippen LogP contribution in [0.3, 0.4) is 0 Å². The molecule has 2 rings (SSSR count). The Kier molecular flexibility index (Phi) is 2.07. The van der Waals surface area contributed by atoms with Crippen molar-refractivity contribution in [2.24, 2.45) is 11.8 Å². The molecule has 1 amide bonds. The Morgan fingerprint density at radius 1 is 1.25 bits per heavy atom. The average Bonchev–Trinajstić information content (AvgIpc) is 2.53. The molecule has 1 saturated carbocycles. The van der Waals surface area contributed by atoms with Crippen LogP contribution in [0, 0.1) is 11.8 Å². The zero-order chi connectivity index (χ0) is 8.55. The van der Waals surface area contributed by atoms with Gasteiger partial charge in [0.1, 0.15) is 0 Å². The van der Waals surface area contributed by atoms with E-state index in [2.05, 4.69) is 11.8 Å². The highest BCUT2D eigenvalue weighted by Crippen LogP contribution is 2.35. The number of likely N-dealkylation sites (tertiary alicyclic amines) is 1. The van der Waals surface area contributed by atoms with E-state index in [0.29, 0.717) is 17.7 Å². The summed E-state index contributed by atoms with van der Waals surface area (Å²) in [5, 5.41) is 0. The maximum Gasteiger partial charge on any atom is 0.225 e. The first kappa shape index (κ1) is 8.09. The van der Waals surface area contributed by atoms with E-state index in [0.717, 1.165) is 19.5 Å². The molecular formula is C10H17NO. The minimum Gasteiger partial charge on any atom is -0.342 e. The van der Waals surface area contributed by atoms with Gasteiger partial charge in [0.2, 0.25) is 5.91 Å². The molecule has 2 heteroatoms. The van der Waals surface area contributed by atoms with Crippen molar-refractivity contribution in [1.29, 1.82) is 0 Å². The Bertz CT molecular complexity index is 180. The van der Waals surface area contributed by atoms with E-state index in [9.17, 15) is 4.79 Å². The van der Waals surface area contributed by atoms with Crippen molar-refractivity contribution in [2.45, 2.75) is 32.6 Å². The highest BCUT2D eigenvalue weighted by atomic mass is 16.2. The molecule has 68 valence electrons. The fraction of sp³-hybridized carbons (Fsp3) is 0.900. The fourth-order valence-corrected chi connectivity index (χ4v) is 2.21. The van der Waals surface area contributed by atoms with Crippen LogP contribution in [0.5, 0.6) is 0 Å². The SMILES string of the molecule is CC1CCC1C(=O)N1CCCC1.